The molecule has 2 aromatic carbocycles. The lowest BCUT2D eigenvalue weighted by atomic mass is 9.95. The lowest BCUT2D eigenvalue weighted by Crippen LogP contribution is -2.10. The number of esters is 1. The predicted molar refractivity (Wildman–Crippen MR) is 84.7 cm³/mol. The molecule has 0 radical (unpaired) electrons. The lowest BCUT2D eigenvalue weighted by molar-refractivity contribution is -0.141. The Bertz CT molecular complexity index is 746. The van der Waals surface area contributed by atoms with Crippen molar-refractivity contribution in [2.24, 2.45) is 0 Å². The van der Waals surface area contributed by atoms with Gasteiger partial charge < -0.3 is 4.74 Å². The van der Waals surface area contributed by atoms with E-state index in [4.69, 9.17) is 4.74 Å². The third-order valence-corrected chi connectivity index (χ3v) is 4.02. The monoisotopic (exact) mass is 294 g/mol. The third kappa shape index (κ3) is 2.67. The predicted octanol–water partition coefficient (Wildman–Crippen LogP) is 3.49. The lowest BCUT2D eigenvalue weighted by Gasteiger charge is -2.14. The highest BCUT2D eigenvalue weighted by Gasteiger charge is 2.29. The molecule has 112 valence electrons. The maximum absolute atomic E-state index is 11.4. The van der Waals surface area contributed by atoms with Crippen LogP contribution in [0, 0.1) is 0 Å². The van der Waals surface area contributed by atoms with Gasteiger partial charge in [-0.2, -0.15) is 0 Å². The molecule has 0 bridgehead atoms. The van der Waals surface area contributed by atoms with E-state index < -0.39 is 0 Å². The molecule has 0 amide bonds. The number of ketones is 1. The first-order valence-electron chi connectivity index (χ1n) is 7.41. The molecule has 1 atom stereocenters. The molecule has 22 heavy (non-hydrogen) atoms. The van der Waals surface area contributed by atoms with Crippen molar-refractivity contribution < 1.29 is 14.3 Å². The molecular formula is C19H18O3. The Morgan fingerprint density at radius 1 is 1.00 bits per heavy atom. The van der Waals surface area contributed by atoms with E-state index >= 15 is 0 Å². The van der Waals surface area contributed by atoms with Gasteiger partial charge >= 0.3 is 5.97 Å². The van der Waals surface area contributed by atoms with Gasteiger partial charge in [0, 0.05) is 19.3 Å². The van der Waals surface area contributed by atoms with Crippen LogP contribution in [0.2, 0.25) is 0 Å². The van der Waals surface area contributed by atoms with E-state index in [1.165, 1.54) is 23.6 Å². The first-order valence-corrected chi connectivity index (χ1v) is 7.41. The Balaban J connectivity index is 2.03. The molecule has 1 aliphatic carbocycles. The zero-order chi connectivity index (χ0) is 15.7. The number of Topliss-reactive ketones (excluding diaryl/α,β-unsaturated/α-hetero) is 1. The second-order valence-corrected chi connectivity index (χ2v) is 5.74. The Labute approximate surface area is 129 Å². The topological polar surface area (TPSA) is 43.4 Å². The van der Waals surface area contributed by atoms with Crippen LogP contribution >= 0.6 is 0 Å². The van der Waals surface area contributed by atoms with Crippen molar-refractivity contribution in [1.29, 1.82) is 0 Å². The SMILES string of the molecule is CC(=O)Cc1ccc2c(c1)C(COC(C)=O)c1ccccc1-2. The van der Waals surface area contributed by atoms with Gasteiger partial charge in [0.15, 0.2) is 0 Å². The Morgan fingerprint density at radius 2 is 1.73 bits per heavy atom. The molecule has 0 saturated heterocycles. The van der Waals surface area contributed by atoms with Crippen LogP contribution in [0.5, 0.6) is 0 Å². The van der Waals surface area contributed by atoms with Crippen molar-refractivity contribution in [3.8, 4) is 11.1 Å². The summed E-state index contributed by atoms with van der Waals surface area (Å²) < 4.78 is 5.25. The quantitative estimate of drug-likeness (QED) is 0.811. The maximum Gasteiger partial charge on any atom is 0.302 e. The van der Waals surface area contributed by atoms with Crippen LogP contribution in [-0.4, -0.2) is 18.4 Å². The van der Waals surface area contributed by atoms with Gasteiger partial charge in [0.25, 0.3) is 0 Å². The fourth-order valence-electron chi connectivity index (χ4n) is 3.14. The zero-order valence-corrected chi connectivity index (χ0v) is 12.8. The van der Waals surface area contributed by atoms with Gasteiger partial charge in [-0.1, -0.05) is 42.5 Å². The van der Waals surface area contributed by atoms with E-state index in [0.29, 0.717) is 13.0 Å². The molecule has 3 nitrogen and oxygen atoms in total. The van der Waals surface area contributed by atoms with Gasteiger partial charge in [0.1, 0.15) is 12.4 Å². The van der Waals surface area contributed by atoms with Gasteiger partial charge in [-0.05, 0) is 34.7 Å². The second-order valence-electron chi connectivity index (χ2n) is 5.74. The van der Waals surface area contributed by atoms with E-state index in [2.05, 4.69) is 24.3 Å². The first kappa shape index (κ1) is 14.5. The first-order chi connectivity index (χ1) is 10.6. The Morgan fingerprint density at radius 3 is 2.45 bits per heavy atom. The summed E-state index contributed by atoms with van der Waals surface area (Å²) in [5.74, 6) is -0.0835. The minimum absolute atomic E-state index is 0.0435. The highest BCUT2D eigenvalue weighted by Crippen LogP contribution is 2.45. The van der Waals surface area contributed by atoms with E-state index in [0.717, 1.165) is 11.1 Å². The molecule has 0 aliphatic heterocycles. The summed E-state index contributed by atoms with van der Waals surface area (Å²) in [6, 6.07) is 14.3. The fourth-order valence-corrected chi connectivity index (χ4v) is 3.14. The van der Waals surface area contributed by atoms with Crippen molar-refractivity contribution in [2.45, 2.75) is 26.2 Å². The maximum atomic E-state index is 11.4. The molecule has 0 fully saturated rings. The van der Waals surface area contributed by atoms with Gasteiger partial charge in [0.05, 0.1) is 0 Å². The number of carbonyl (C=O) groups excluding carboxylic acids is 2. The second kappa shape index (κ2) is 5.76. The van der Waals surface area contributed by atoms with E-state index in [1.807, 2.05) is 18.2 Å². The minimum atomic E-state index is -0.272. The number of rotatable bonds is 4. The van der Waals surface area contributed by atoms with Gasteiger partial charge in [0.2, 0.25) is 0 Å². The summed E-state index contributed by atoms with van der Waals surface area (Å²) in [5.41, 5.74) is 5.68. The Hall–Kier alpha value is -2.42. The highest BCUT2D eigenvalue weighted by atomic mass is 16.5. The normalized spacial score (nSPS) is 15.1. The highest BCUT2D eigenvalue weighted by molar-refractivity contribution is 5.82. The molecule has 3 heteroatoms. The van der Waals surface area contributed by atoms with Gasteiger partial charge in [-0.25, -0.2) is 0 Å². The molecule has 0 saturated carbocycles. The van der Waals surface area contributed by atoms with Crippen molar-refractivity contribution in [2.75, 3.05) is 6.61 Å². The summed E-state index contributed by atoms with van der Waals surface area (Å²) >= 11 is 0. The number of benzene rings is 2. The number of fused-ring (bicyclic) bond motifs is 3. The largest absolute Gasteiger partial charge is 0.465 e. The van der Waals surface area contributed by atoms with E-state index in [9.17, 15) is 9.59 Å². The summed E-state index contributed by atoms with van der Waals surface area (Å²) in [6.07, 6.45) is 0.434. The van der Waals surface area contributed by atoms with Crippen LogP contribution in [0.4, 0.5) is 0 Å². The standard InChI is InChI=1S/C19H18O3/c1-12(20)9-14-7-8-17-15-5-3-4-6-16(15)19(18(17)10-14)11-22-13(2)21/h3-8,10,19H,9,11H2,1-2H3. The molecule has 0 aromatic heterocycles. The molecule has 1 unspecified atom stereocenters. The fraction of sp³-hybridized carbons (Fsp3) is 0.263. The molecular weight excluding hydrogens is 276 g/mol. The number of ether oxygens (including phenoxy) is 1. The van der Waals surface area contributed by atoms with Crippen molar-refractivity contribution in [3.63, 3.8) is 0 Å². The average Bonchev–Trinajstić information content (AvgIpc) is 2.77. The smallest absolute Gasteiger partial charge is 0.302 e. The molecule has 3 rings (SSSR count). The van der Waals surface area contributed by atoms with Gasteiger partial charge in [-0.15, -0.1) is 0 Å². The summed E-state index contributed by atoms with van der Waals surface area (Å²) in [5, 5.41) is 0. The number of carbonyl (C=O) groups is 2. The van der Waals surface area contributed by atoms with Crippen LogP contribution in [0.1, 0.15) is 36.5 Å². The van der Waals surface area contributed by atoms with E-state index in [-0.39, 0.29) is 17.7 Å². The summed E-state index contributed by atoms with van der Waals surface area (Å²) in [4.78, 5) is 22.5. The van der Waals surface area contributed by atoms with Crippen LogP contribution in [-0.2, 0) is 20.7 Å². The van der Waals surface area contributed by atoms with Crippen LogP contribution in [0.3, 0.4) is 0 Å². The number of hydrogen-bond acceptors (Lipinski definition) is 3. The summed E-state index contributed by atoms with van der Waals surface area (Å²) in [6.45, 7) is 3.36. The Kier molecular flexibility index (Phi) is 3.80. The minimum Gasteiger partial charge on any atom is -0.465 e. The molecule has 0 spiro atoms. The van der Waals surface area contributed by atoms with Crippen molar-refractivity contribution in [1.82, 2.24) is 0 Å². The zero-order valence-electron chi connectivity index (χ0n) is 12.8. The van der Waals surface area contributed by atoms with Crippen molar-refractivity contribution in [3.05, 3.63) is 59.2 Å². The van der Waals surface area contributed by atoms with Crippen molar-refractivity contribution >= 4 is 11.8 Å². The van der Waals surface area contributed by atoms with Crippen LogP contribution in [0.15, 0.2) is 42.5 Å². The molecule has 1 aliphatic rings. The van der Waals surface area contributed by atoms with Crippen LogP contribution < -0.4 is 0 Å². The molecule has 0 heterocycles. The molecule has 0 N–H and O–H groups in total. The van der Waals surface area contributed by atoms with E-state index in [1.54, 1.807) is 6.92 Å². The van der Waals surface area contributed by atoms with Gasteiger partial charge in [-0.3, -0.25) is 9.59 Å². The molecule has 2 aromatic rings. The third-order valence-electron chi connectivity index (χ3n) is 4.02. The number of hydrogen-bond donors (Lipinski definition) is 0. The average molecular weight is 294 g/mol. The summed E-state index contributed by atoms with van der Waals surface area (Å²) in [7, 11) is 0. The van der Waals surface area contributed by atoms with Crippen LogP contribution in [0.25, 0.3) is 11.1 Å².